The normalized spacial score (nSPS) is 15.6. The van der Waals surface area contributed by atoms with E-state index in [2.05, 4.69) is 20.2 Å². The molecule has 1 fully saturated rings. The number of benzene rings is 1. The molecule has 0 radical (unpaired) electrons. The molecule has 2 N–H and O–H groups in total. The van der Waals surface area contributed by atoms with Crippen LogP contribution in [0.1, 0.15) is 38.8 Å². The Hall–Kier alpha value is -2.64. The van der Waals surface area contributed by atoms with Crippen molar-refractivity contribution >= 4 is 22.9 Å². The molecule has 5 rings (SSSR count). The molecule has 1 aliphatic heterocycles. The number of thiazole rings is 1. The summed E-state index contributed by atoms with van der Waals surface area (Å²) in [5.41, 5.74) is 4.43. The van der Waals surface area contributed by atoms with Gasteiger partial charge < -0.3 is 15.0 Å². The van der Waals surface area contributed by atoms with Crippen molar-refractivity contribution in [1.29, 1.82) is 0 Å². The summed E-state index contributed by atoms with van der Waals surface area (Å²) in [5, 5.41) is 4.06. The van der Waals surface area contributed by atoms with Crippen molar-refractivity contribution in [3.63, 3.8) is 0 Å². The van der Waals surface area contributed by atoms with Gasteiger partial charge in [0.2, 0.25) is 0 Å². The van der Waals surface area contributed by atoms with E-state index < -0.39 is 0 Å². The third kappa shape index (κ3) is 3.87. The van der Waals surface area contributed by atoms with Crippen molar-refractivity contribution in [3.05, 3.63) is 51.6 Å². The molecule has 3 heterocycles. The predicted molar refractivity (Wildman–Crippen MR) is 120 cm³/mol. The molecule has 1 saturated heterocycles. The number of nitrogens with zero attached hydrogens (tertiary/aromatic N) is 2. The van der Waals surface area contributed by atoms with Crippen LogP contribution in [0.4, 0.5) is 5.69 Å². The SMILES string of the molecule is Cc1nc2c(s1)CCc1[nH]cc(C(=O)Nc3ccc(OCCN4CCCC4)cc3)c1-2. The number of likely N-dealkylation sites (tertiary alicyclic amines) is 1. The van der Waals surface area contributed by atoms with Gasteiger partial charge in [-0.25, -0.2) is 4.98 Å². The molecule has 0 unspecified atom stereocenters. The minimum atomic E-state index is -0.117. The Morgan fingerprint density at radius 1 is 1.23 bits per heavy atom. The molecule has 6 nitrogen and oxygen atoms in total. The van der Waals surface area contributed by atoms with Crippen molar-refractivity contribution in [2.24, 2.45) is 0 Å². The molecule has 0 saturated carbocycles. The summed E-state index contributed by atoms with van der Waals surface area (Å²) >= 11 is 1.72. The van der Waals surface area contributed by atoms with E-state index in [9.17, 15) is 4.79 Å². The second kappa shape index (κ2) is 8.24. The van der Waals surface area contributed by atoms with Crippen LogP contribution in [-0.2, 0) is 12.8 Å². The summed E-state index contributed by atoms with van der Waals surface area (Å²) in [4.78, 5) is 24.6. The third-order valence-electron chi connectivity index (χ3n) is 5.84. The van der Waals surface area contributed by atoms with Crippen molar-refractivity contribution in [1.82, 2.24) is 14.9 Å². The molecule has 0 atom stereocenters. The largest absolute Gasteiger partial charge is 0.492 e. The van der Waals surface area contributed by atoms with E-state index in [0.717, 1.165) is 52.8 Å². The van der Waals surface area contributed by atoms with Gasteiger partial charge in [0.05, 0.1) is 16.3 Å². The van der Waals surface area contributed by atoms with Crippen LogP contribution in [0.3, 0.4) is 0 Å². The maximum Gasteiger partial charge on any atom is 0.257 e. The summed E-state index contributed by atoms with van der Waals surface area (Å²) in [6.07, 6.45) is 6.29. The first-order chi connectivity index (χ1) is 14.7. The molecule has 1 aromatic carbocycles. The quantitative estimate of drug-likeness (QED) is 0.622. The molecular formula is C23H26N4O2S. The van der Waals surface area contributed by atoms with Gasteiger partial charge >= 0.3 is 0 Å². The highest BCUT2D eigenvalue weighted by Crippen LogP contribution is 2.38. The molecule has 2 aromatic heterocycles. The van der Waals surface area contributed by atoms with Gasteiger partial charge in [-0.05, 0) is 70.0 Å². The number of aromatic amines is 1. The van der Waals surface area contributed by atoms with Crippen molar-refractivity contribution < 1.29 is 9.53 Å². The Labute approximate surface area is 180 Å². The number of carbonyl (C=O) groups excluding carboxylic acids is 1. The predicted octanol–water partition coefficient (Wildman–Crippen LogP) is 4.27. The maximum absolute atomic E-state index is 13.0. The lowest BCUT2D eigenvalue weighted by molar-refractivity contribution is 0.102. The van der Waals surface area contributed by atoms with Crippen LogP contribution in [0.2, 0.25) is 0 Å². The van der Waals surface area contributed by atoms with Crippen LogP contribution in [0, 0.1) is 6.92 Å². The van der Waals surface area contributed by atoms with Gasteiger partial charge in [-0.15, -0.1) is 11.3 Å². The van der Waals surface area contributed by atoms with Gasteiger partial charge in [-0.1, -0.05) is 0 Å². The molecule has 3 aromatic rings. The molecule has 156 valence electrons. The summed E-state index contributed by atoms with van der Waals surface area (Å²) in [7, 11) is 0. The topological polar surface area (TPSA) is 70.2 Å². The first-order valence-corrected chi connectivity index (χ1v) is 11.4. The minimum absolute atomic E-state index is 0.117. The van der Waals surface area contributed by atoms with E-state index in [1.54, 1.807) is 17.5 Å². The van der Waals surface area contributed by atoms with E-state index in [1.165, 1.54) is 30.8 Å². The number of rotatable bonds is 6. The zero-order valence-corrected chi connectivity index (χ0v) is 18.0. The Bertz CT molecular complexity index is 1050. The number of hydrogen-bond acceptors (Lipinski definition) is 5. The zero-order chi connectivity index (χ0) is 20.5. The number of aromatic nitrogens is 2. The third-order valence-corrected chi connectivity index (χ3v) is 6.87. The van der Waals surface area contributed by atoms with Crippen LogP contribution >= 0.6 is 11.3 Å². The first kappa shape index (κ1) is 19.3. The average molecular weight is 423 g/mol. The Morgan fingerprint density at radius 3 is 2.83 bits per heavy atom. The molecule has 30 heavy (non-hydrogen) atoms. The van der Waals surface area contributed by atoms with Crippen LogP contribution in [0.5, 0.6) is 5.75 Å². The fourth-order valence-corrected chi connectivity index (χ4v) is 5.26. The van der Waals surface area contributed by atoms with Gasteiger partial charge in [0.15, 0.2) is 0 Å². The zero-order valence-electron chi connectivity index (χ0n) is 17.2. The monoisotopic (exact) mass is 422 g/mol. The molecule has 7 heteroatoms. The molecule has 2 aliphatic rings. The lowest BCUT2D eigenvalue weighted by atomic mass is 9.96. The number of amides is 1. The van der Waals surface area contributed by atoms with E-state index in [0.29, 0.717) is 12.2 Å². The van der Waals surface area contributed by atoms with Gasteiger partial charge in [-0.3, -0.25) is 9.69 Å². The van der Waals surface area contributed by atoms with Crippen molar-refractivity contribution in [3.8, 4) is 17.0 Å². The molecule has 1 aliphatic carbocycles. The van der Waals surface area contributed by atoms with Crippen LogP contribution in [-0.4, -0.2) is 47.0 Å². The average Bonchev–Trinajstić information content (AvgIpc) is 3.47. The number of fused-ring (bicyclic) bond motifs is 3. The second-order valence-electron chi connectivity index (χ2n) is 7.94. The van der Waals surface area contributed by atoms with Crippen molar-refractivity contribution in [2.75, 3.05) is 31.6 Å². The smallest absolute Gasteiger partial charge is 0.257 e. The Kier molecular flexibility index (Phi) is 5.31. The lowest BCUT2D eigenvalue weighted by Crippen LogP contribution is -2.25. The first-order valence-electron chi connectivity index (χ1n) is 10.6. The summed E-state index contributed by atoms with van der Waals surface area (Å²) in [6.45, 7) is 6.04. The number of hydrogen-bond donors (Lipinski definition) is 2. The van der Waals surface area contributed by atoms with Crippen LogP contribution in [0.25, 0.3) is 11.3 Å². The van der Waals surface area contributed by atoms with Crippen LogP contribution < -0.4 is 10.1 Å². The number of H-pyrrole nitrogens is 1. The molecule has 1 amide bonds. The Morgan fingerprint density at radius 2 is 2.03 bits per heavy atom. The highest BCUT2D eigenvalue weighted by molar-refractivity contribution is 7.12. The number of aryl methyl sites for hydroxylation is 3. The fourth-order valence-electron chi connectivity index (χ4n) is 4.32. The van der Waals surface area contributed by atoms with Gasteiger partial charge in [-0.2, -0.15) is 0 Å². The lowest BCUT2D eigenvalue weighted by Gasteiger charge is -2.15. The van der Waals surface area contributed by atoms with E-state index in [-0.39, 0.29) is 5.91 Å². The summed E-state index contributed by atoms with van der Waals surface area (Å²) in [5.74, 6) is 0.711. The maximum atomic E-state index is 13.0. The number of nitrogens with one attached hydrogen (secondary N) is 2. The van der Waals surface area contributed by atoms with Gasteiger partial charge in [0.1, 0.15) is 12.4 Å². The number of ether oxygens (including phenoxy) is 1. The summed E-state index contributed by atoms with van der Waals surface area (Å²) in [6, 6.07) is 7.60. The van der Waals surface area contributed by atoms with Crippen LogP contribution in [0.15, 0.2) is 30.5 Å². The number of carbonyl (C=O) groups is 1. The highest BCUT2D eigenvalue weighted by atomic mass is 32.1. The molecule has 0 spiro atoms. The molecule has 0 bridgehead atoms. The molecular weight excluding hydrogens is 396 g/mol. The second-order valence-corrected chi connectivity index (χ2v) is 9.22. The summed E-state index contributed by atoms with van der Waals surface area (Å²) < 4.78 is 5.85. The highest BCUT2D eigenvalue weighted by Gasteiger charge is 2.27. The van der Waals surface area contributed by atoms with E-state index in [1.807, 2.05) is 31.2 Å². The van der Waals surface area contributed by atoms with Crippen molar-refractivity contribution in [2.45, 2.75) is 32.6 Å². The van der Waals surface area contributed by atoms with Gasteiger partial charge in [0, 0.05) is 34.6 Å². The standard InChI is InChI=1S/C23H26N4O2S/c1-15-25-22-20(30-15)9-8-19-21(22)18(14-24-19)23(28)26-16-4-6-17(7-5-16)29-13-12-27-10-2-3-11-27/h4-7,14,24H,2-3,8-13H2,1H3,(H,26,28). The minimum Gasteiger partial charge on any atom is -0.492 e. The number of anilines is 1. The van der Waals surface area contributed by atoms with Gasteiger partial charge in [0.25, 0.3) is 5.91 Å². The fraction of sp³-hybridized carbons (Fsp3) is 0.391. The van der Waals surface area contributed by atoms with E-state index >= 15 is 0 Å². The Balaban J connectivity index is 1.24. The van der Waals surface area contributed by atoms with E-state index in [4.69, 9.17) is 4.74 Å².